The highest BCUT2D eigenvalue weighted by Gasteiger charge is 2.37. The number of likely N-dealkylation sites (N-methyl/N-ethyl adjacent to an activating group) is 3. The van der Waals surface area contributed by atoms with Crippen LogP contribution in [0, 0.1) is 0 Å². The van der Waals surface area contributed by atoms with Crippen LogP contribution in [-0.4, -0.2) is 61.5 Å². The van der Waals surface area contributed by atoms with E-state index in [2.05, 4.69) is 36.0 Å². The topological polar surface area (TPSA) is 35.6 Å². The van der Waals surface area contributed by atoms with Crippen LogP contribution in [0.1, 0.15) is 13.8 Å². The molecule has 1 amide bonds. The van der Waals surface area contributed by atoms with E-state index in [1.807, 2.05) is 7.05 Å². The normalized spacial score (nSPS) is 35.6. The molecule has 0 radical (unpaired) electrons. The van der Waals surface area contributed by atoms with E-state index in [1.165, 1.54) is 0 Å². The molecule has 1 fully saturated rings. The Morgan fingerprint density at radius 1 is 1.36 bits per heavy atom. The Kier molecular flexibility index (Phi) is 3.50. The zero-order valence-electron chi connectivity index (χ0n) is 9.74. The minimum atomic E-state index is -0.0267. The minimum absolute atomic E-state index is 0.0267. The monoisotopic (exact) mass is 203 g/mol. The third-order valence-corrected chi connectivity index (χ3v) is 3.34. The Bertz CT molecular complexity index is 219. The van der Waals surface area contributed by atoms with Crippen molar-refractivity contribution in [2.75, 3.05) is 27.7 Å². The third kappa shape index (κ3) is 1.91. The van der Waals surface area contributed by atoms with Crippen molar-refractivity contribution >= 4 is 5.91 Å². The van der Waals surface area contributed by atoms with E-state index in [4.69, 9.17) is 0 Å². The second-order valence-corrected chi connectivity index (χ2v) is 4.25. The average Bonchev–Trinajstić information content (AvgIpc) is 2.14. The maximum atomic E-state index is 11.7. The predicted molar refractivity (Wildman–Crippen MR) is 57.2 cm³/mol. The van der Waals surface area contributed by atoms with Crippen LogP contribution in [-0.2, 0) is 4.79 Å². The molecule has 1 saturated heterocycles. The molecule has 0 aromatic heterocycles. The summed E-state index contributed by atoms with van der Waals surface area (Å²) in [4.78, 5) is 16.1. The van der Waals surface area contributed by atoms with Gasteiger partial charge in [0.25, 0.3) is 0 Å². The molecule has 1 aliphatic rings. The standard InChI is InChI=1S/C10H21N3O/c1-7-6-12(4)9(10(14)11-3)8(2)13(7)5/h7-9H,6H2,1-5H3,(H,11,14)/i3+1,11+1,12+1,13+1. The second kappa shape index (κ2) is 4.28. The first-order valence-corrected chi connectivity index (χ1v) is 5.12. The van der Waals surface area contributed by atoms with Gasteiger partial charge in [0.05, 0.1) is 0 Å². The number of rotatable bonds is 1. The maximum absolute atomic E-state index is 11.7. The van der Waals surface area contributed by atoms with E-state index in [0.717, 1.165) is 6.54 Å². The highest BCUT2D eigenvalue weighted by Crippen LogP contribution is 2.18. The summed E-state index contributed by atoms with van der Waals surface area (Å²) in [5, 5.41) is 2.72. The van der Waals surface area contributed by atoms with Crippen molar-refractivity contribution < 1.29 is 4.79 Å². The van der Waals surface area contributed by atoms with Gasteiger partial charge in [0.2, 0.25) is 5.91 Å². The summed E-state index contributed by atoms with van der Waals surface area (Å²) in [6.07, 6.45) is 0. The number of hydrogen-bond donors (Lipinski definition) is 1. The summed E-state index contributed by atoms with van der Waals surface area (Å²) < 4.78 is 0. The van der Waals surface area contributed by atoms with Crippen LogP contribution in [0.4, 0.5) is 0 Å². The van der Waals surface area contributed by atoms with Crippen molar-refractivity contribution in [3.63, 3.8) is 0 Å². The number of carbonyl (C=O) groups is 1. The molecule has 1 heterocycles. The number of amides is 1. The van der Waals surface area contributed by atoms with Gasteiger partial charge in [-0.25, -0.2) is 0 Å². The van der Waals surface area contributed by atoms with Gasteiger partial charge in [-0.05, 0) is 27.9 Å². The molecule has 14 heavy (non-hydrogen) atoms. The van der Waals surface area contributed by atoms with Gasteiger partial charge < -0.3 is 5.32 Å². The van der Waals surface area contributed by atoms with Gasteiger partial charge >= 0.3 is 0 Å². The molecule has 0 spiro atoms. The first-order valence-electron chi connectivity index (χ1n) is 5.12. The molecular weight excluding hydrogens is 182 g/mol. The number of nitrogens with one attached hydrogen (secondary N) is 1. The Hall–Kier alpha value is -0.610. The number of nitrogens with zero attached hydrogens (tertiary/aromatic N) is 2. The van der Waals surface area contributed by atoms with Crippen LogP contribution in [0.15, 0.2) is 0 Å². The van der Waals surface area contributed by atoms with Crippen molar-refractivity contribution in [2.45, 2.75) is 32.0 Å². The first kappa shape index (κ1) is 11.5. The van der Waals surface area contributed by atoms with E-state index >= 15 is 0 Å². The van der Waals surface area contributed by atoms with E-state index in [0.29, 0.717) is 6.04 Å². The van der Waals surface area contributed by atoms with Gasteiger partial charge in [-0.1, -0.05) is 0 Å². The van der Waals surface area contributed by atoms with E-state index in [-0.39, 0.29) is 18.0 Å². The minimum Gasteiger partial charge on any atom is -0.358 e. The second-order valence-electron chi connectivity index (χ2n) is 4.25. The molecule has 0 bridgehead atoms. The molecule has 4 heteroatoms. The summed E-state index contributed by atoms with van der Waals surface area (Å²) >= 11 is 0. The molecule has 1 rings (SSSR count). The molecule has 0 aromatic rings. The summed E-state index contributed by atoms with van der Waals surface area (Å²) in [6.45, 7) is 5.23. The lowest BCUT2D eigenvalue weighted by Crippen LogP contribution is -2.63. The number of hydrogen-bond acceptors (Lipinski definition) is 3. The van der Waals surface area contributed by atoms with Crippen molar-refractivity contribution in [3.05, 3.63) is 0 Å². The van der Waals surface area contributed by atoms with Crippen LogP contribution in [0.2, 0.25) is 0 Å². The molecule has 82 valence electrons. The Labute approximate surface area is 86.2 Å². The molecular formula is C10H21N3O. The first-order chi connectivity index (χ1) is 6.49. The quantitative estimate of drug-likeness (QED) is 0.472. The van der Waals surface area contributed by atoms with E-state index < -0.39 is 0 Å². The lowest BCUT2D eigenvalue weighted by molar-refractivity contribution is -0.130. The average molecular weight is 203 g/mol. The SMILES string of the molecule is CC1C[15N](C)C(C(=O)[15NH][13CH3])C(C)[15N]1C. The fraction of sp³-hybridized carbons (Fsp3) is 0.900. The smallest absolute Gasteiger partial charge is 0.238 e. The van der Waals surface area contributed by atoms with Crippen LogP contribution in [0.3, 0.4) is 0 Å². The van der Waals surface area contributed by atoms with Crippen molar-refractivity contribution in [1.82, 2.24) is 15.1 Å². The van der Waals surface area contributed by atoms with Gasteiger partial charge in [-0.3, -0.25) is 14.6 Å². The van der Waals surface area contributed by atoms with Gasteiger partial charge in [0.1, 0.15) is 6.04 Å². The van der Waals surface area contributed by atoms with E-state index in [9.17, 15) is 4.79 Å². The number of piperazine rings is 1. The highest BCUT2D eigenvalue weighted by atomic mass is 16.2. The molecule has 1 N–H and O–H groups in total. The zero-order valence-corrected chi connectivity index (χ0v) is 9.74. The van der Waals surface area contributed by atoms with Gasteiger partial charge in [-0.15, -0.1) is 0 Å². The highest BCUT2D eigenvalue weighted by molar-refractivity contribution is 5.82. The van der Waals surface area contributed by atoms with E-state index in [1.54, 1.807) is 7.05 Å². The molecule has 0 saturated carbocycles. The van der Waals surface area contributed by atoms with Gasteiger partial charge in [0.15, 0.2) is 0 Å². The zero-order chi connectivity index (χ0) is 10.9. The van der Waals surface area contributed by atoms with Crippen molar-refractivity contribution in [3.8, 4) is 0 Å². The Morgan fingerprint density at radius 2 is 1.93 bits per heavy atom. The summed E-state index contributed by atoms with van der Waals surface area (Å²) in [7, 11) is 5.79. The lowest BCUT2D eigenvalue weighted by atomic mass is 10.1. The summed E-state index contributed by atoms with van der Waals surface area (Å²) in [6, 6.07) is 0.751. The summed E-state index contributed by atoms with van der Waals surface area (Å²) in [5.74, 6) is 0.110. The lowest BCUT2D eigenvalue weighted by Gasteiger charge is -2.46. The van der Waals surface area contributed by atoms with Crippen LogP contribution in [0.25, 0.3) is 0 Å². The maximum Gasteiger partial charge on any atom is 0.238 e. The Balaban J connectivity index is 2.78. The van der Waals surface area contributed by atoms with Crippen LogP contribution in [0.5, 0.6) is 0 Å². The molecule has 0 aliphatic carbocycles. The molecule has 0 aromatic carbocycles. The molecule has 3 atom stereocenters. The molecule has 4 nitrogen and oxygen atoms in total. The van der Waals surface area contributed by atoms with Crippen molar-refractivity contribution in [1.29, 1.82) is 0 Å². The third-order valence-electron chi connectivity index (χ3n) is 3.34. The van der Waals surface area contributed by atoms with Gasteiger partial charge in [-0.2, -0.15) is 0 Å². The largest absolute Gasteiger partial charge is 0.358 e. The van der Waals surface area contributed by atoms with Crippen molar-refractivity contribution in [2.24, 2.45) is 0 Å². The fourth-order valence-corrected chi connectivity index (χ4v) is 2.22. The van der Waals surface area contributed by atoms with Crippen LogP contribution >= 0.6 is 0 Å². The summed E-state index contributed by atoms with van der Waals surface area (Å²) in [5.41, 5.74) is 0. The molecule has 3 unspecified atom stereocenters. The van der Waals surface area contributed by atoms with Gasteiger partial charge in [0, 0.05) is 25.7 Å². The predicted octanol–water partition coefficient (Wildman–Crippen LogP) is -0.245. The van der Waals surface area contributed by atoms with Crippen LogP contribution < -0.4 is 5.32 Å². The fourth-order valence-electron chi connectivity index (χ4n) is 2.22. The Morgan fingerprint density at radius 3 is 2.43 bits per heavy atom. The number of carbonyl (C=O) groups excluding carboxylic acids is 1. The molecule has 1 aliphatic heterocycles.